The molecule has 0 aliphatic rings. The SMILES string of the molecule is Cn1nc(C(=O)Nc2nc(-c3cc(Cl)ccc3Cl)cs2)ccc1=O. The summed E-state index contributed by atoms with van der Waals surface area (Å²) in [5.74, 6) is -0.455. The smallest absolute Gasteiger partial charge is 0.277 e. The van der Waals surface area contributed by atoms with Gasteiger partial charge in [-0.1, -0.05) is 23.2 Å². The summed E-state index contributed by atoms with van der Waals surface area (Å²) in [6, 6.07) is 7.72. The van der Waals surface area contributed by atoms with Crippen molar-refractivity contribution in [2.45, 2.75) is 0 Å². The fourth-order valence-electron chi connectivity index (χ4n) is 1.93. The van der Waals surface area contributed by atoms with Crippen LogP contribution in [0.3, 0.4) is 0 Å². The minimum Gasteiger partial charge on any atom is -0.296 e. The van der Waals surface area contributed by atoms with Gasteiger partial charge in [-0.3, -0.25) is 14.9 Å². The largest absolute Gasteiger partial charge is 0.296 e. The number of aryl methyl sites for hydroxylation is 1. The number of nitrogens with zero attached hydrogens (tertiary/aromatic N) is 3. The Morgan fingerprint density at radius 3 is 2.79 bits per heavy atom. The van der Waals surface area contributed by atoms with Crippen LogP contribution in [0.4, 0.5) is 5.13 Å². The second-order valence-electron chi connectivity index (χ2n) is 4.80. The lowest BCUT2D eigenvalue weighted by atomic mass is 10.2. The topological polar surface area (TPSA) is 76.9 Å². The van der Waals surface area contributed by atoms with E-state index in [1.807, 2.05) is 0 Å². The molecule has 0 aliphatic heterocycles. The number of amides is 1. The van der Waals surface area contributed by atoms with Gasteiger partial charge in [0.25, 0.3) is 11.5 Å². The van der Waals surface area contributed by atoms with E-state index >= 15 is 0 Å². The van der Waals surface area contributed by atoms with Gasteiger partial charge in [0.15, 0.2) is 5.13 Å². The van der Waals surface area contributed by atoms with Gasteiger partial charge >= 0.3 is 0 Å². The average molecular weight is 381 g/mol. The molecule has 0 unspecified atom stereocenters. The van der Waals surface area contributed by atoms with Gasteiger partial charge in [-0.15, -0.1) is 11.3 Å². The molecule has 1 amide bonds. The monoisotopic (exact) mass is 380 g/mol. The van der Waals surface area contributed by atoms with Crippen molar-refractivity contribution in [1.29, 1.82) is 0 Å². The van der Waals surface area contributed by atoms with Crippen LogP contribution in [0.1, 0.15) is 10.5 Å². The third kappa shape index (κ3) is 3.48. The van der Waals surface area contributed by atoms with Crippen LogP contribution in [0.5, 0.6) is 0 Å². The van der Waals surface area contributed by atoms with Crippen LogP contribution in [-0.2, 0) is 7.05 Å². The van der Waals surface area contributed by atoms with Crippen molar-refractivity contribution in [3.05, 3.63) is 61.8 Å². The van der Waals surface area contributed by atoms with Crippen LogP contribution in [0.15, 0.2) is 40.5 Å². The molecule has 3 rings (SSSR count). The van der Waals surface area contributed by atoms with E-state index in [1.165, 1.54) is 30.5 Å². The molecule has 1 aromatic carbocycles. The molecule has 24 heavy (non-hydrogen) atoms. The minimum atomic E-state index is -0.455. The quantitative estimate of drug-likeness (QED) is 0.754. The average Bonchev–Trinajstić information content (AvgIpc) is 3.00. The lowest BCUT2D eigenvalue weighted by Crippen LogP contribution is -2.23. The molecule has 2 aromatic heterocycles. The molecule has 0 atom stereocenters. The number of halogens is 2. The first-order valence-electron chi connectivity index (χ1n) is 6.71. The van der Waals surface area contributed by atoms with Crippen LogP contribution >= 0.6 is 34.5 Å². The number of anilines is 1. The second kappa shape index (κ2) is 6.72. The first-order valence-corrected chi connectivity index (χ1v) is 8.34. The Labute approximate surface area is 150 Å². The molecule has 2 heterocycles. The first-order chi connectivity index (χ1) is 11.4. The van der Waals surface area contributed by atoms with Gasteiger partial charge in [-0.2, -0.15) is 5.10 Å². The lowest BCUT2D eigenvalue weighted by molar-refractivity contribution is 0.102. The highest BCUT2D eigenvalue weighted by Gasteiger charge is 2.13. The van der Waals surface area contributed by atoms with Crippen LogP contribution in [0.25, 0.3) is 11.3 Å². The van der Waals surface area contributed by atoms with Crippen LogP contribution in [-0.4, -0.2) is 20.7 Å². The Balaban J connectivity index is 1.83. The zero-order chi connectivity index (χ0) is 17.3. The van der Waals surface area contributed by atoms with E-state index in [-0.39, 0.29) is 11.3 Å². The van der Waals surface area contributed by atoms with Crippen molar-refractivity contribution in [1.82, 2.24) is 14.8 Å². The summed E-state index contributed by atoms with van der Waals surface area (Å²) in [7, 11) is 1.47. The summed E-state index contributed by atoms with van der Waals surface area (Å²) in [6.45, 7) is 0. The fourth-order valence-corrected chi connectivity index (χ4v) is 3.03. The Kier molecular flexibility index (Phi) is 4.66. The van der Waals surface area contributed by atoms with Gasteiger partial charge in [0, 0.05) is 29.1 Å². The molecule has 0 bridgehead atoms. The number of aromatic nitrogens is 3. The van der Waals surface area contributed by atoms with Crippen molar-refractivity contribution in [3.63, 3.8) is 0 Å². The number of rotatable bonds is 3. The zero-order valence-corrected chi connectivity index (χ0v) is 14.6. The van der Waals surface area contributed by atoms with Crippen molar-refractivity contribution in [2.75, 3.05) is 5.32 Å². The van der Waals surface area contributed by atoms with Crippen molar-refractivity contribution < 1.29 is 4.79 Å². The van der Waals surface area contributed by atoms with Crippen molar-refractivity contribution >= 4 is 45.6 Å². The highest BCUT2D eigenvalue weighted by Crippen LogP contribution is 2.32. The first kappa shape index (κ1) is 16.6. The Bertz CT molecular complexity index is 984. The third-order valence-electron chi connectivity index (χ3n) is 3.12. The maximum atomic E-state index is 12.2. The van der Waals surface area contributed by atoms with E-state index in [1.54, 1.807) is 23.6 Å². The van der Waals surface area contributed by atoms with Crippen LogP contribution < -0.4 is 10.9 Å². The fraction of sp³-hybridized carbons (Fsp3) is 0.0667. The number of hydrogen-bond donors (Lipinski definition) is 1. The molecule has 0 aliphatic carbocycles. The van der Waals surface area contributed by atoms with Crippen molar-refractivity contribution in [3.8, 4) is 11.3 Å². The molecule has 3 aromatic rings. The summed E-state index contributed by atoms with van der Waals surface area (Å²) in [5.41, 5.74) is 1.12. The molecular formula is C15H10Cl2N4O2S. The Morgan fingerprint density at radius 2 is 2.04 bits per heavy atom. The predicted molar refractivity (Wildman–Crippen MR) is 95.0 cm³/mol. The molecular weight excluding hydrogens is 371 g/mol. The summed E-state index contributed by atoms with van der Waals surface area (Å²) >= 11 is 13.4. The van der Waals surface area contributed by atoms with Gasteiger partial charge in [-0.25, -0.2) is 9.67 Å². The number of thiazole rings is 1. The Morgan fingerprint density at radius 1 is 1.25 bits per heavy atom. The number of carbonyl (C=O) groups is 1. The minimum absolute atomic E-state index is 0.120. The molecule has 0 radical (unpaired) electrons. The predicted octanol–water partition coefficient (Wildman–Crippen LogP) is 3.46. The Hall–Kier alpha value is -2.22. The highest BCUT2D eigenvalue weighted by molar-refractivity contribution is 7.14. The molecule has 1 N–H and O–H groups in total. The third-order valence-corrected chi connectivity index (χ3v) is 4.44. The second-order valence-corrected chi connectivity index (χ2v) is 6.50. The number of nitrogens with one attached hydrogen (secondary N) is 1. The molecule has 0 saturated carbocycles. The molecule has 0 fully saturated rings. The van der Waals surface area contributed by atoms with Gasteiger partial charge in [0.2, 0.25) is 0 Å². The van der Waals surface area contributed by atoms with E-state index in [0.29, 0.717) is 26.4 Å². The van der Waals surface area contributed by atoms with Gasteiger partial charge < -0.3 is 0 Å². The van der Waals surface area contributed by atoms with E-state index < -0.39 is 5.91 Å². The number of hydrogen-bond acceptors (Lipinski definition) is 5. The molecule has 6 nitrogen and oxygen atoms in total. The molecule has 0 spiro atoms. The van der Waals surface area contributed by atoms with Gasteiger partial charge in [-0.05, 0) is 24.3 Å². The van der Waals surface area contributed by atoms with Crippen LogP contribution in [0.2, 0.25) is 10.0 Å². The summed E-state index contributed by atoms with van der Waals surface area (Å²) in [6.07, 6.45) is 0. The van der Waals surface area contributed by atoms with E-state index in [2.05, 4.69) is 15.4 Å². The number of carbonyl (C=O) groups excluding carboxylic acids is 1. The van der Waals surface area contributed by atoms with E-state index in [9.17, 15) is 9.59 Å². The standard InChI is InChI=1S/C15H10Cl2N4O2S/c1-21-13(22)5-4-11(20-21)14(23)19-15-18-12(7-24-15)9-6-8(16)2-3-10(9)17/h2-7H,1H3,(H,18,19,23). The maximum Gasteiger partial charge on any atom is 0.277 e. The number of benzene rings is 1. The highest BCUT2D eigenvalue weighted by atomic mass is 35.5. The van der Waals surface area contributed by atoms with Gasteiger partial charge in [0.05, 0.1) is 10.7 Å². The lowest BCUT2D eigenvalue weighted by Gasteiger charge is -2.03. The van der Waals surface area contributed by atoms with Crippen molar-refractivity contribution in [2.24, 2.45) is 7.05 Å². The summed E-state index contributed by atoms with van der Waals surface area (Å²) in [4.78, 5) is 27.8. The summed E-state index contributed by atoms with van der Waals surface area (Å²) < 4.78 is 1.09. The maximum absolute atomic E-state index is 12.2. The normalized spacial score (nSPS) is 10.6. The summed E-state index contributed by atoms with van der Waals surface area (Å²) in [5, 5.41) is 9.75. The molecule has 9 heteroatoms. The van der Waals surface area contributed by atoms with E-state index in [4.69, 9.17) is 23.2 Å². The van der Waals surface area contributed by atoms with Crippen LogP contribution in [0, 0.1) is 0 Å². The molecule has 0 saturated heterocycles. The zero-order valence-electron chi connectivity index (χ0n) is 12.3. The molecule has 122 valence electrons. The van der Waals surface area contributed by atoms with E-state index in [0.717, 1.165) is 4.68 Å². The van der Waals surface area contributed by atoms with Gasteiger partial charge in [0.1, 0.15) is 5.69 Å².